The van der Waals surface area contributed by atoms with Crippen LogP contribution in [0.1, 0.15) is 26.7 Å². The summed E-state index contributed by atoms with van der Waals surface area (Å²) >= 11 is 0. The van der Waals surface area contributed by atoms with Gasteiger partial charge in [0.05, 0.1) is 0 Å². The second-order valence-corrected chi connectivity index (χ2v) is 3.56. The van der Waals surface area contributed by atoms with Crippen molar-refractivity contribution in [1.82, 2.24) is 0 Å². The molecule has 1 aliphatic heterocycles. The summed E-state index contributed by atoms with van der Waals surface area (Å²) in [6, 6.07) is 0. The Morgan fingerprint density at radius 1 is 1.15 bits per heavy atom. The van der Waals surface area contributed by atoms with Gasteiger partial charge in [-0.3, -0.25) is 0 Å². The van der Waals surface area contributed by atoms with E-state index in [9.17, 15) is 9.59 Å². The highest BCUT2D eigenvalue weighted by atomic mass is 16.8. The van der Waals surface area contributed by atoms with Crippen molar-refractivity contribution in [2.24, 2.45) is 0 Å². The quantitative estimate of drug-likeness (QED) is 0.317. The Bertz CT molecular complexity index is 297. The molecular weight excluding hydrogens is 172 g/mol. The van der Waals surface area contributed by atoms with E-state index in [1.54, 1.807) is 13.8 Å². The third-order valence-electron chi connectivity index (χ3n) is 2.12. The number of allylic oxidation sites excluding steroid dienone is 1. The van der Waals surface area contributed by atoms with Crippen LogP contribution >= 0.6 is 0 Å². The third-order valence-corrected chi connectivity index (χ3v) is 2.12. The van der Waals surface area contributed by atoms with Gasteiger partial charge >= 0.3 is 11.9 Å². The molecule has 2 fully saturated rings. The smallest absolute Gasteiger partial charge is 0.348 e. The Balaban J connectivity index is 2.31. The molecule has 0 aromatic rings. The number of esters is 2. The van der Waals surface area contributed by atoms with Crippen molar-refractivity contribution >= 4 is 11.9 Å². The second kappa shape index (κ2) is 2.34. The second-order valence-electron chi connectivity index (χ2n) is 3.56. The molecule has 13 heavy (non-hydrogen) atoms. The third kappa shape index (κ3) is 1.22. The van der Waals surface area contributed by atoms with Crippen molar-refractivity contribution in [1.29, 1.82) is 0 Å². The molecule has 0 aromatic carbocycles. The van der Waals surface area contributed by atoms with Crippen LogP contribution in [0.2, 0.25) is 0 Å². The number of hydrogen-bond donors (Lipinski definition) is 0. The summed E-state index contributed by atoms with van der Waals surface area (Å²) in [5.74, 6) is -1.99. The summed E-state index contributed by atoms with van der Waals surface area (Å²) in [5.41, 5.74) is 0.669. The zero-order valence-electron chi connectivity index (χ0n) is 7.55. The summed E-state index contributed by atoms with van der Waals surface area (Å²) in [7, 11) is 0. The lowest BCUT2D eigenvalue weighted by Crippen LogP contribution is -2.36. The molecule has 1 aliphatic carbocycles. The van der Waals surface area contributed by atoms with Gasteiger partial charge < -0.3 is 9.47 Å². The van der Waals surface area contributed by atoms with E-state index in [-0.39, 0.29) is 5.57 Å². The first kappa shape index (κ1) is 8.29. The standard InChI is InChI=1S/C9H10O4/c1-5(2)6-7(10)12-9(3-4-9)13-8(6)11/h3-4H2,1-2H3. The maximum atomic E-state index is 11.3. The number of rotatable bonds is 0. The van der Waals surface area contributed by atoms with E-state index in [2.05, 4.69) is 0 Å². The van der Waals surface area contributed by atoms with E-state index in [0.717, 1.165) is 0 Å². The average molecular weight is 182 g/mol. The molecule has 1 saturated carbocycles. The molecule has 2 aliphatic rings. The van der Waals surface area contributed by atoms with E-state index in [1.165, 1.54) is 0 Å². The topological polar surface area (TPSA) is 52.6 Å². The van der Waals surface area contributed by atoms with Crippen LogP contribution in [0, 0.1) is 0 Å². The first-order valence-corrected chi connectivity index (χ1v) is 4.18. The largest absolute Gasteiger partial charge is 0.419 e. The Kier molecular flexibility index (Phi) is 1.49. The van der Waals surface area contributed by atoms with Gasteiger partial charge in [0, 0.05) is 12.8 Å². The Morgan fingerprint density at radius 2 is 1.62 bits per heavy atom. The lowest BCUT2D eigenvalue weighted by atomic mass is 10.1. The molecule has 0 aromatic heterocycles. The van der Waals surface area contributed by atoms with Crippen LogP contribution in [-0.2, 0) is 19.1 Å². The summed E-state index contributed by atoms with van der Waals surface area (Å²) < 4.78 is 9.98. The van der Waals surface area contributed by atoms with Crippen LogP contribution in [0.15, 0.2) is 11.1 Å². The molecule has 4 nitrogen and oxygen atoms in total. The first-order chi connectivity index (χ1) is 6.04. The monoisotopic (exact) mass is 182 g/mol. The minimum absolute atomic E-state index is 0.0394. The fraction of sp³-hybridized carbons (Fsp3) is 0.556. The number of carbonyl (C=O) groups excluding carboxylic acids is 2. The Hall–Kier alpha value is -1.32. The van der Waals surface area contributed by atoms with Crippen molar-refractivity contribution < 1.29 is 19.1 Å². The highest BCUT2D eigenvalue weighted by Gasteiger charge is 2.56. The van der Waals surface area contributed by atoms with E-state index >= 15 is 0 Å². The molecular formula is C9H10O4. The van der Waals surface area contributed by atoms with E-state index in [1.807, 2.05) is 0 Å². The first-order valence-electron chi connectivity index (χ1n) is 4.18. The molecule has 0 radical (unpaired) electrons. The van der Waals surface area contributed by atoms with Crippen LogP contribution in [0.5, 0.6) is 0 Å². The maximum Gasteiger partial charge on any atom is 0.348 e. The molecule has 4 heteroatoms. The number of ether oxygens (including phenoxy) is 2. The summed E-state index contributed by atoms with van der Waals surface area (Å²) in [5, 5.41) is 0. The van der Waals surface area contributed by atoms with Gasteiger partial charge in [-0.15, -0.1) is 0 Å². The highest BCUT2D eigenvalue weighted by molar-refractivity contribution is 6.16. The van der Waals surface area contributed by atoms with Crippen molar-refractivity contribution in [2.75, 3.05) is 0 Å². The lowest BCUT2D eigenvalue weighted by Gasteiger charge is -2.23. The van der Waals surface area contributed by atoms with Crippen molar-refractivity contribution in [3.05, 3.63) is 11.1 Å². The minimum atomic E-state index is -0.896. The van der Waals surface area contributed by atoms with Gasteiger partial charge in [-0.05, 0) is 13.8 Å². The van der Waals surface area contributed by atoms with Crippen LogP contribution in [0.25, 0.3) is 0 Å². The average Bonchev–Trinajstić information content (AvgIpc) is 2.65. The Morgan fingerprint density at radius 3 is 1.92 bits per heavy atom. The SMILES string of the molecule is CC(C)=C1C(=O)OC2(CC2)OC1=O. The van der Waals surface area contributed by atoms with E-state index in [4.69, 9.17) is 9.47 Å². The lowest BCUT2D eigenvalue weighted by molar-refractivity contribution is -0.202. The van der Waals surface area contributed by atoms with Crippen molar-refractivity contribution in [3.8, 4) is 0 Å². The predicted molar refractivity (Wildman–Crippen MR) is 42.5 cm³/mol. The molecule has 70 valence electrons. The van der Waals surface area contributed by atoms with Gasteiger partial charge in [-0.25, -0.2) is 9.59 Å². The van der Waals surface area contributed by atoms with Gasteiger partial charge in [0.2, 0.25) is 0 Å². The fourth-order valence-electron chi connectivity index (χ4n) is 1.26. The van der Waals surface area contributed by atoms with Gasteiger partial charge in [0.15, 0.2) is 0 Å². The molecule has 1 spiro atoms. The fourth-order valence-corrected chi connectivity index (χ4v) is 1.26. The normalized spacial score (nSPS) is 24.0. The zero-order chi connectivity index (χ0) is 9.64. The summed E-state index contributed by atoms with van der Waals surface area (Å²) in [6.45, 7) is 3.37. The number of carbonyl (C=O) groups is 2. The van der Waals surface area contributed by atoms with Gasteiger partial charge in [0.1, 0.15) is 5.57 Å². The van der Waals surface area contributed by atoms with E-state index in [0.29, 0.717) is 18.4 Å². The zero-order valence-corrected chi connectivity index (χ0v) is 7.55. The predicted octanol–water partition coefficient (Wildman–Crippen LogP) is 0.913. The minimum Gasteiger partial charge on any atom is -0.419 e. The molecule has 0 amide bonds. The maximum absolute atomic E-state index is 11.3. The van der Waals surface area contributed by atoms with Crippen LogP contribution in [0.4, 0.5) is 0 Å². The van der Waals surface area contributed by atoms with E-state index < -0.39 is 17.7 Å². The van der Waals surface area contributed by atoms with Crippen molar-refractivity contribution in [2.45, 2.75) is 32.5 Å². The Labute approximate surface area is 75.5 Å². The van der Waals surface area contributed by atoms with Gasteiger partial charge in [-0.2, -0.15) is 0 Å². The van der Waals surface area contributed by atoms with Crippen LogP contribution in [-0.4, -0.2) is 17.7 Å². The molecule has 2 rings (SSSR count). The molecule has 0 unspecified atom stereocenters. The molecule has 0 atom stereocenters. The summed E-state index contributed by atoms with van der Waals surface area (Å²) in [4.78, 5) is 22.6. The highest BCUT2D eigenvalue weighted by Crippen LogP contribution is 2.44. The number of hydrogen-bond acceptors (Lipinski definition) is 4. The molecule has 0 bridgehead atoms. The van der Waals surface area contributed by atoms with Gasteiger partial charge in [0.25, 0.3) is 5.79 Å². The van der Waals surface area contributed by atoms with Crippen molar-refractivity contribution in [3.63, 3.8) is 0 Å². The molecule has 0 N–H and O–H groups in total. The van der Waals surface area contributed by atoms with Crippen LogP contribution < -0.4 is 0 Å². The molecule has 1 heterocycles. The van der Waals surface area contributed by atoms with Crippen LogP contribution in [0.3, 0.4) is 0 Å². The summed E-state index contributed by atoms with van der Waals surface area (Å²) in [6.07, 6.45) is 1.25. The molecule has 1 saturated heterocycles. The van der Waals surface area contributed by atoms with Gasteiger partial charge in [-0.1, -0.05) is 5.57 Å².